The van der Waals surface area contributed by atoms with Gasteiger partial charge in [-0.25, -0.2) is 0 Å². The molecule has 0 aromatic carbocycles. The number of aliphatic hydroxyl groups is 1. The molecule has 48 valence electrons. The van der Waals surface area contributed by atoms with Gasteiger partial charge in [-0.15, -0.1) is 0 Å². The molecule has 0 bridgehead atoms. The lowest BCUT2D eigenvalue weighted by Gasteiger charge is -1.96. The Morgan fingerprint density at radius 3 is 2.50 bits per heavy atom. The highest BCUT2D eigenvalue weighted by molar-refractivity contribution is 4.95. The van der Waals surface area contributed by atoms with Crippen LogP contribution in [0.5, 0.6) is 0 Å². The van der Waals surface area contributed by atoms with Crippen LogP contribution in [0.25, 0.3) is 0 Å². The molecule has 0 saturated heterocycles. The number of nitrogens with two attached hydrogens (primary N) is 1. The van der Waals surface area contributed by atoms with Gasteiger partial charge in [-0.3, -0.25) is 0 Å². The van der Waals surface area contributed by atoms with E-state index in [0.29, 0.717) is 6.54 Å². The van der Waals surface area contributed by atoms with Crippen molar-refractivity contribution in [2.45, 2.75) is 19.8 Å². The SMILES string of the molecule is CC/C(=C/O)CCN. The van der Waals surface area contributed by atoms with Gasteiger partial charge in [0.1, 0.15) is 0 Å². The van der Waals surface area contributed by atoms with Crippen LogP contribution in [0.3, 0.4) is 0 Å². The predicted molar refractivity (Wildman–Crippen MR) is 34.7 cm³/mol. The zero-order chi connectivity index (χ0) is 6.41. The van der Waals surface area contributed by atoms with E-state index in [-0.39, 0.29) is 0 Å². The van der Waals surface area contributed by atoms with Crippen LogP contribution >= 0.6 is 0 Å². The van der Waals surface area contributed by atoms with Crippen LogP contribution in [0, 0.1) is 0 Å². The lowest BCUT2D eigenvalue weighted by molar-refractivity contribution is 0.462. The van der Waals surface area contributed by atoms with Crippen LogP contribution in [0.1, 0.15) is 19.8 Å². The summed E-state index contributed by atoms with van der Waals surface area (Å²) in [5, 5.41) is 8.44. The highest BCUT2D eigenvalue weighted by Gasteiger charge is 1.88. The summed E-state index contributed by atoms with van der Waals surface area (Å²) in [6.45, 7) is 2.62. The molecule has 0 saturated carbocycles. The highest BCUT2D eigenvalue weighted by atomic mass is 16.2. The maximum Gasteiger partial charge on any atom is 0.0783 e. The predicted octanol–water partition coefficient (Wildman–Crippen LogP) is 1.19. The zero-order valence-electron chi connectivity index (χ0n) is 5.22. The number of aliphatic hydroxyl groups excluding tert-OH is 1. The molecule has 0 fully saturated rings. The first-order valence-electron chi connectivity index (χ1n) is 2.87. The second-order valence-corrected chi connectivity index (χ2v) is 1.68. The summed E-state index contributed by atoms with van der Waals surface area (Å²) in [5.74, 6) is 0. The Kier molecular flexibility index (Phi) is 4.36. The normalized spacial score (nSPS) is 12.0. The standard InChI is InChI=1S/C6H13NO/c1-2-6(5-8)3-4-7/h5,8H,2-4,7H2,1H3/b6-5-. The Hall–Kier alpha value is -0.500. The maximum absolute atomic E-state index is 8.44. The smallest absolute Gasteiger partial charge is 0.0783 e. The Labute approximate surface area is 50.0 Å². The third-order valence-electron chi connectivity index (χ3n) is 1.10. The van der Waals surface area contributed by atoms with Crippen LogP contribution in [0.15, 0.2) is 11.8 Å². The van der Waals surface area contributed by atoms with Crippen molar-refractivity contribution in [3.63, 3.8) is 0 Å². The molecule has 0 spiro atoms. The maximum atomic E-state index is 8.44. The van der Waals surface area contributed by atoms with Gasteiger partial charge >= 0.3 is 0 Å². The molecule has 2 nitrogen and oxygen atoms in total. The van der Waals surface area contributed by atoms with Crippen LogP contribution in [0.4, 0.5) is 0 Å². The van der Waals surface area contributed by atoms with E-state index in [1.54, 1.807) is 0 Å². The first kappa shape index (κ1) is 7.50. The van der Waals surface area contributed by atoms with E-state index in [2.05, 4.69) is 0 Å². The number of rotatable bonds is 3. The van der Waals surface area contributed by atoms with Crippen molar-refractivity contribution in [1.82, 2.24) is 0 Å². The largest absolute Gasteiger partial charge is 0.516 e. The molecule has 0 atom stereocenters. The van der Waals surface area contributed by atoms with Crippen molar-refractivity contribution in [2.24, 2.45) is 5.73 Å². The Balaban J connectivity index is 3.38. The average molecular weight is 115 g/mol. The summed E-state index contributed by atoms with van der Waals surface area (Å²) in [7, 11) is 0. The van der Waals surface area contributed by atoms with Gasteiger partial charge in [0, 0.05) is 0 Å². The van der Waals surface area contributed by atoms with Gasteiger partial charge < -0.3 is 10.8 Å². The summed E-state index contributed by atoms with van der Waals surface area (Å²) in [5.41, 5.74) is 6.25. The molecular weight excluding hydrogens is 102 g/mol. The Morgan fingerprint density at radius 2 is 2.38 bits per heavy atom. The molecule has 2 heteroatoms. The molecule has 0 aromatic heterocycles. The van der Waals surface area contributed by atoms with E-state index in [0.717, 1.165) is 24.7 Å². The molecule has 0 aliphatic carbocycles. The third-order valence-corrected chi connectivity index (χ3v) is 1.10. The summed E-state index contributed by atoms with van der Waals surface area (Å²) >= 11 is 0. The second-order valence-electron chi connectivity index (χ2n) is 1.68. The van der Waals surface area contributed by atoms with E-state index in [1.165, 1.54) is 0 Å². The van der Waals surface area contributed by atoms with E-state index in [4.69, 9.17) is 10.8 Å². The van der Waals surface area contributed by atoms with Gasteiger partial charge in [0.25, 0.3) is 0 Å². The summed E-state index contributed by atoms with van der Waals surface area (Å²) in [6.07, 6.45) is 2.85. The molecule has 0 heterocycles. The summed E-state index contributed by atoms with van der Waals surface area (Å²) in [4.78, 5) is 0. The van der Waals surface area contributed by atoms with Crippen molar-refractivity contribution in [3.05, 3.63) is 11.8 Å². The van der Waals surface area contributed by atoms with Crippen molar-refractivity contribution in [1.29, 1.82) is 0 Å². The van der Waals surface area contributed by atoms with E-state index in [1.807, 2.05) is 6.92 Å². The first-order valence-corrected chi connectivity index (χ1v) is 2.87. The second kappa shape index (κ2) is 4.65. The fourth-order valence-electron chi connectivity index (χ4n) is 0.518. The van der Waals surface area contributed by atoms with E-state index >= 15 is 0 Å². The summed E-state index contributed by atoms with van der Waals surface area (Å²) in [6, 6.07) is 0. The zero-order valence-corrected chi connectivity index (χ0v) is 5.22. The van der Waals surface area contributed by atoms with Crippen LogP contribution in [-0.2, 0) is 0 Å². The van der Waals surface area contributed by atoms with Crippen molar-refractivity contribution < 1.29 is 5.11 Å². The van der Waals surface area contributed by atoms with Crippen LogP contribution < -0.4 is 5.73 Å². The molecule has 8 heavy (non-hydrogen) atoms. The summed E-state index contributed by atoms with van der Waals surface area (Å²) < 4.78 is 0. The first-order chi connectivity index (χ1) is 3.85. The van der Waals surface area contributed by atoms with Gasteiger partial charge in [-0.05, 0) is 25.0 Å². The topological polar surface area (TPSA) is 46.2 Å². The number of hydrogen-bond acceptors (Lipinski definition) is 2. The third kappa shape index (κ3) is 2.64. The van der Waals surface area contributed by atoms with Gasteiger partial charge in [-0.1, -0.05) is 6.92 Å². The minimum absolute atomic E-state index is 0.625. The van der Waals surface area contributed by atoms with Crippen LogP contribution in [0.2, 0.25) is 0 Å². The molecule has 0 radical (unpaired) electrons. The monoisotopic (exact) mass is 115 g/mol. The Morgan fingerprint density at radius 1 is 1.75 bits per heavy atom. The molecular formula is C6H13NO. The van der Waals surface area contributed by atoms with Crippen LogP contribution in [-0.4, -0.2) is 11.7 Å². The van der Waals surface area contributed by atoms with Crippen molar-refractivity contribution in [3.8, 4) is 0 Å². The van der Waals surface area contributed by atoms with E-state index in [9.17, 15) is 0 Å². The van der Waals surface area contributed by atoms with Crippen molar-refractivity contribution in [2.75, 3.05) is 6.54 Å². The van der Waals surface area contributed by atoms with Gasteiger partial charge in [-0.2, -0.15) is 0 Å². The van der Waals surface area contributed by atoms with Crippen molar-refractivity contribution >= 4 is 0 Å². The van der Waals surface area contributed by atoms with E-state index < -0.39 is 0 Å². The fraction of sp³-hybridized carbons (Fsp3) is 0.667. The quantitative estimate of drug-likeness (QED) is 0.543. The van der Waals surface area contributed by atoms with Gasteiger partial charge in [0.05, 0.1) is 6.26 Å². The molecule has 0 amide bonds. The molecule has 0 aromatic rings. The fourth-order valence-corrected chi connectivity index (χ4v) is 0.518. The molecule has 0 rings (SSSR count). The molecule has 0 aliphatic heterocycles. The lowest BCUT2D eigenvalue weighted by atomic mass is 10.2. The van der Waals surface area contributed by atoms with Gasteiger partial charge in [0.2, 0.25) is 0 Å². The minimum atomic E-state index is 0.625. The highest BCUT2D eigenvalue weighted by Crippen LogP contribution is 2.01. The molecule has 0 unspecified atom stereocenters. The van der Waals surface area contributed by atoms with Gasteiger partial charge in [0.15, 0.2) is 0 Å². The number of hydrogen-bond donors (Lipinski definition) is 2. The Bertz CT molecular complexity index is 78.6. The average Bonchev–Trinajstić information content (AvgIpc) is 1.83. The lowest BCUT2D eigenvalue weighted by Crippen LogP contribution is -1.99. The molecule has 3 N–H and O–H groups in total. The molecule has 0 aliphatic rings. The minimum Gasteiger partial charge on any atom is -0.516 e.